The van der Waals surface area contributed by atoms with Gasteiger partial charge in [0.15, 0.2) is 0 Å². The van der Waals surface area contributed by atoms with Crippen LogP contribution in [-0.2, 0) is 17.8 Å². The zero-order valence-electron chi connectivity index (χ0n) is 15.5. The van der Waals surface area contributed by atoms with E-state index in [1.54, 1.807) is 24.3 Å². The lowest BCUT2D eigenvalue weighted by molar-refractivity contribution is -0.121. The van der Waals surface area contributed by atoms with Crippen LogP contribution in [0.25, 0.3) is 0 Å². The number of nitrogens with zero attached hydrogens (tertiary/aromatic N) is 1. The molecule has 0 aliphatic carbocycles. The average molecular weight is 389 g/mol. The Morgan fingerprint density at radius 3 is 2.41 bits per heavy atom. The first-order valence-electron chi connectivity index (χ1n) is 8.47. The summed E-state index contributed by atoms with van der Waals surface area (Å²) in [6, 6.07) is 6.55. The third kappa shape index (κ3) is 7.06. The summed E-state index contributed by atoms with van der Waals surface area (Å²) >= 11 is 1.47. The van der Waals surface area contributed by atoms with Crippen LogP contribution in [0, 0.1) is 6.92 Å². The number of amides is 4. The molecule has 27 heavy (non-hydrogen) atoms. The number of rotatable bonds is 6. The summed E-state index contributed by atoms with van der Waals surface area (Å²) in [6.45, 7) is 5.97. The largest absolute Gasteiger partial charge is 0.336 e. The molecule has 0 bridgehead atoms. The van der Waals surface area contributed by atoms with Crippen LogP contribution in [0.5, 0.6) is 0 Å². The minimum atomic E-state index is -0.421. The van der Waals surface area contributed by atoms with E-state index >= 15 is 0 Å². The topological polar surface area (TPSA) is 112 Å². The van der Waals surface area contributed by atoms with Crippen LogP contribution >= 0.6 is 11.3 Å². The smallest absolute Gasteiger partial charge is 0.315 e. The molecule has 0 fully saturated rings. The number of hydrazine groups is 1. The summed E-state index contributed by atoms with van der Waals surface area (Å²) < 4.78 is 0. The van der Waals surface area contributed by atoms with E-state index < -0.39 is 5.91 Å². The monoisotopic (exact) mass is 389 g/mol. The number of aryl methyl sites for hydroxylation is 1. The van der Waals surface area contributed by atoms with E-state index in [0.717, 1.165) is 10.6 Å². The predicted octanol–water partition coefficient (Wildman–Crippen LogP) is 1.66. The molecule has 1 heterocycles. The quantitative estimate of drug-likeness (QED) is 0.563. The van der Waals surface area contributed by atoms with Gasteiger partial charge in [-0.3, -0.25) is 20.4 Å². The summed E-state index contributed by atoms with van der Waals surface area (Å²) in [5.74, 6) is -0.763. The van der Waals surface area contributed by atoms with Gasteiger partial charge in [-0.25, -0.2) is 9.78 Å². The first kappa shape index (κ1) is 20.4. The number of benzene rings is 1. The predicted molar refractivity (Wildman–Crippen MR) is 103 cm³/mol. The zero-order valence-corrected chi connectivity index (χ0v) is 16.3. The van der Waals surface area contributed by atoms with Crippen LogP contribution < -0.4 is 21.5 Å². The minimum Gasteiger partial charge on any atom is -0.336 e. The minimum absolute atomic E-state index is 0.0609. The highest BCUT2D eigenvalue weighted by Gasteiger charge is 2.10. The summed E-state index contributed by atoms with van der Waals surface area (Å²) in [5, 5.41) is 8.16. The van der Waals surface area contributed by atoms with Crippen LogP contribution in [0.2, 0.25) is 0 Å². The van der Waals surface area contributed by atoms with Gasteiger partial charge in [0.1, 0.15) is 0 Å². The van der Waals surface area contributed by atoms with Crippen molar-refractivity contribution in [3.63, 3.8) is 0 Å². The molecule has 9 heteroatoms. The molecule has 0 aliphatic rings. The molecule has 0 radical (unpaired) electrons. The lowest BCUT2D eigenvalue weighted by Crippen LogP contribution is -2.42. The third-order valence-electron chi connectivity index (χ3n) is 3.41. The van der Waals surface area contributed by atoms with Gasteiger partial charge in [0.2, 0.25) is 5.91 Å². The number of nitrogens with one attached hydrogen (secondary N) is 4. The number of carbonyl (C=O) groups is 3. The molecule has 144 valence electrons. The van der Waals surface area contributed by atoms with Crippen LogP contribution in [0.15, 0.2) is 29.6 Å². The second-order valence-electron chi connectivity index (χ2n) is 6.22. The van der Waals surface area contributed by atoms with Gasteiger partial charge in [-0.1, -0.05) is 12.1 Å². The number of aromatic nitrogens is 1. The Labute approximate surface area is 161 Å². The van der Waals surface area contributed by atoms with Gasteiger partial charge in [0, 0.05) is 23.5 Å². The van der Waals surface area contributed by atoms with Crippen molar-refractivity contribution in [2.75, 3.05) is 0 Å². The lowest BCUT2D eigenvalue weighted by atomic mass is 10.1. The second-order valence-corrected chi connectivity index (χ2v) is 7.28. The Bertz CT molecular complexity index is 802. The molecular formula is C18H23N5O3S. The van der Waals surface area contributed by atoms with E-state index in [1.807, 2.05) is 26.2 Å². The highest BCUT2D eigenvalue weighted by atomic mass is 32.1. The third-order valence-corrected chi connectivity index (χ3v) is 4.23. The maximum absolute atomic E-state index is 12.1. The van der Waals surface area contributed by atoms with Crippen molar-refractivity contribution in [1.29, 1.82) is 0 Å². The fourth-order valence-corrected chi connectivity index (χ4v) is 2.78. The Balaban J connectivity index is 1.77. The normalized spacial score (nSPS) is 10.4. The van der Waals surface area contributed by atoms with Crippen molar-refractivity contribution < 1.29 is 14.4 Å². The first-order chi connectivity index (χ1) is 12.8. The van der Waals surface area contributed by atoms with E-state index in [-0.39, 0.29) is 24.4 Å². The molecule has 0 aliphatic heterocycles. The van der Waals surface area contributed by atoms with Crippen LogP contribution in [0.1, 0.15) is 40.5 Å². The van der Waals surface area contributed by atoms with Gasteiger partial charge in [0.25, 0.3) is 5.91 Å². The molecule has 0 unspecified atom stereocenters. The average Bonchev–Trinajstić information content (AvgIpc) is 3.02. The number of hydrogen-bond donors (Lipinski definition) is 4. The van der Waals surface area contributed by atoms with Gasteiger partial charge < -0.3 is 10.6 Å². The molecule has 2 aromatic rings. The van der Waals surface area contributed by atoms with Gasteiger partial charge in [-0.15, -0.1) is 11.3 Å². The van der Waals surface area contributed by atoms with E-state index in [9.17, 15) is 14.4 Å². The van der Waals surface area contributed by atoms with E-state index in [1.165, 1.54) is 11.3 Å². The molecular weight excluding hydrogens is 366 g/mol. The van der Waals surface area contributed by atoms with Crippen LogP contribution in [-0.4, -0.2) is 28.9 Å². The molecule has 0 saturated heterocycles. The Morgan fingerprint density at radius 2 is 1.81 bits per heavy atom. The highest BCUT2D eigenvalue weighted by Crippen LogP contribution is 2.08. The number of carbonyl (C=O) groups excluding carboxylic acids is 3. The van der Waals surface area contributed by atoms with E-state index in [4.69, 9.17) is 0 Å². The van der Waals surface area contributed by atoms with Crippen molar-refractivity contribution in [1.82, 2.24) is 26.5 Å². The fraction of sp³-hybridized carbons (Fsp3) is 0.333. The van der Waals surface area contributed by atoms with E-state index in [2.05, 4.69) is 26.5 Å². The number of urea groups is 1. The van der Waals surface area contributed by atoms with E-state index in [0.29, 0.717) is 17.8 Å². The van der Waals surface area contributed by atoms with Crippen molar-refractivity contribution in [3.05, 3.63) is 51.5 Å². The Morgan fingerprint density at radius 1 is 1.11 bits per heavy atom. The van der Waals surface area contributed by atoms with Gasteiger partial charge in [-0.2, -0.15) is 0 Å². The SMILES string of the molecule is Cc1nc(CC(=O)NNC(=O)c2ccc(CNC(=O)NC(C)C)cc2)cs1. The van der Waals surface area contributed by atoms with Gasteiger partial charge in [0.05, 0.1) is 17.1 Å². The first-order valence-corrected chi connectivity index (χ1v) is 9.35. The molecule has 0 saturated carbocycles. The molecule has 1 aromatic heterocycles. The Hall–Kier alpha value is -2.94. The van der Waals surface area contributed by atoms with Crippen molar-refractivity contribution in [2.45, 2.75) is 39.8 Å². The summed E-state index contributed by atoms with van der Waals surface area (Å²) in [6.07, 6.45) is 0.105. The summed E-state index contributed by atoms with van der Waals surface area (Å²) in [4.78, 5) is 39.7. The molecule has 4 N–H and O–H groups in total. The standard InChI is InChI=1S/C18H23N5O3S/c1-11(2)20-18(26)19-9-13-4-6-14(7-5-13)17(25)23-22-16(24)8-15-10-27-12(3)21-15/h4-7,10-11H,8-9H2,1-3H3,(H,22,24)(H,23,25)(H2,19,20,26). The fourth-order valence-electron chi connectivity index (χ4n) is 2.17. The van der Waals surface area contributed by atoms with Crippen LogP contribution in [0.3, 0.4) is 0 Å². The lowest BCUT2D eigenvalue weighted by Gasteiger charge is -2.10. The number of thiazole rings is 1. The Kier molecular flexibility index (Phi) is 7.30. The maximum atomic E-state index is 12.1. The summed E-state index contributed by atoms with van der Waals surface area (Å²) in [5.41, 5.74) is 6.67. The number of hydrogen-bond acceptors (Lipinski definition) is 5. The summed E-state index contributed by atoms with van der Waals surface area (Å²) in [7, 11) is 0. The van der Waals surface area contributed by atoms with Crippen molar-refractivity contribution in [3.8, 4) is 0 Å². The van der Waals surface area contributed by atoms with Crippen molar-refractivity contribution in [2.24, 2.45) is 0 Å². The molecule has 8 nitrogen and oxygen atoms in total. The van der Waals surface area contributed by atoms with Crippen LogP contribution in [0.4, 0.5) is 4.79 Å². The molecule has 0 atom stereocenters. The van der Waals surface area contributed by atoms with Gasteiger partial charge >= 0.3 is 6.03 Å². The van der Waals surface area contributed by atoms with Gasteiger partial charge in [-0.05, 0) is 38.5 Å². The molecule has 4 amide bonds. The van der Waals surface area contributed by atoms with Crippen molar-refractivity contribution >= 4 is 29.2 Å². The molecule has 2 rings (SSSR count). The molecule has 1 aromatic carbocycles. The second kappa shape index (κ2) is 9.67. The molecule has 0 spiro atoms. The zero-order chi connectivity index (χ0) is 19.8. The maximum Gasteiger partial charge on any atom is 0.315 e. The highest BCUT2D eigenvalue weighted by molar-refractivity contribution is 7.09.